The molecule has 2 heterocycles. The maximum Gasteiger partial charge on any atom is 0.245 e. The molecule has 0 aromatic carbocycles. The summed E-state index contributed by atoms with van der Waals surface area (Å²) in [4.78, 5) is 21.8. The van der Waals surface area contributed by atoms with Crippen molar-refractivity contribution in [2.24, 2.45) is 0 Å². The Labute approximate surface area is 110 Å². The van der Waals surface area contributed by atoms with Crippen molar-refractivity contribution >= 4 is 23.3 Å². The van der Waals surface area contributed by atoms with E-state index in [1.165, 1.54) is 0 Å². The smallest absolute Gasteiger partial charge is 0.245 e. The first-order chi connectivity index (χ1) is 8.72. The van der Waals surface area contributed by atoms with Gasteiger partial charge in [0.05, 0.1) is 13.2 Å². The van der Waals surface area contributed by atoms with Crippen LogP contribution in [0.5, 0.6) is 0 Å². The van der Waals surface area contributed by atoms with Crippen LogP contribution < -0.4 is 10.2 Å². The third-order valence-electron chi connectivity index (χ3n) is 2.69. The molecule has 1 aromatic rings. The van der Waals surface area contributed by atoms with Crippen molar-refractivity contribution in [2.75, 3.05) is 31.2 Å². The SMILES string of the molecule is CCNC(=O)C1COCCN1c1ccnc(Cl)n1. The zero-order chi connectivity index (χ0) is 13.0. The van der Waals surface area contributed by atoms with Crippen LogP contribution in [-0.4, -0.2) is 48.2 Å². The quantitative estimate of drug-likeness (QED) is 0.809. The number of nitrogens with zero attached hydrogens (tertiary/aromatic N) is 3. The Morgan fingerprint density at radius 1 is 1.72 bits per heavy atom. The first-order valence-corrected chi connectivity index (χ1v) is 6.21. The molecule has 1 saturated heterocycles. The minimum atomic E-state index is -0.371. The average molecular weight is 271 g/mol. The minimum absolute atomic E-state index is 0.0630. The lowest BCUT2D eigenvalue weighted by Crippen LogP contribution is -2.54. The van der Waals surface area contributed by atoms with Crippen LogP contribution in [0.4, 0.5) is 5.82 Å². The van der Waals surface area contributed by atoms with Crippen LogP contribution in [0, 0.1) is 0 Å². The number of rotatable bonds is 3. The highest BCUT2D eigenvalue weighted by Gasteiger charge is 2.30. The van der Waals surface area contributed by atoms with E-state index in [-0.39, 0.29) is 17.2 Å². The summed E-state index contributed by atoms with van der Waals surface area (Å²) in [6.45, 7) is 4.00. The van der Waals surface area contributed by atoms with E-state index in [1.807, 2.05) is 11.8 Å². The number of halogens is 1. The van der Waals surface area contributed by atoms with E-state index in [0.29, 0.717) is 32.1 Å². The largest absolute Gasteiger partial charge is 0.377 e. The van der Waals surface area contributed by atoms with E-state index in [1.54, 1.807) is 12.3 Å². The molecular weight excluding hydrogens is 256 g/mol. The topological polar surface area (TPSA) is 67.3 Å². The molecule has 2 rings (SSSR count). The number of nitrogens with one attached hydrogen (secondary N) is 1. The molecule has 1 amide bonds. The monoisotopic (exact) mass is 270 g/mol. The summed E-state index contributed by atoms with van der Waals surface area (Å²) < 4.78 is 5.35. The molecular formula is C11H15ClN4O2. The van der Waals surface area contributed by atoms with Gasteiger partial charge in [0.25, 0.3) is 0 Å². The number of anilines is 1. The van der Waals surface area contributed by atoms with Gasteiger partial charge in [-0.1, -0.05) is 0 Å². The molecule has 1 aliphatic rings. The number of hydrogen-bond acceptors (Lipinski definition) is 5. The third-order valence-corrected chi connectivity index (χ3v) is 2.87. The second kappa shape index (κ2) is 5.97. The van der Waals surface area contributed by atoms with E-state index < -0.39 is 0 Å². The van der Waals surface area contributed by atoms with Crippen molar-refractivity contribution in [1.29, 1.82) is 0 Å². The van der Waals surface area contributed by atoms with E-state index >= 15 is 0 Å². The third kappa shape index (κ3) is 2.88. The molecule has 7 heteroatoms. The van der Waals surface area contributed by atoms with Crippen LogP contribution in [0.3, 0.4) is 0 Å². The second-order valence-corrected chi connectivity index (χ2v) is 4.20. The van der Waals surface area contributed by atoms with Crippen molar-refractivity contribution in [3.05, 3.63) is 17.5 Å². The van der Waals surface area contributed by atoms with Gasteiger partial charge in [0.2, 0.25) is 11.2 Å². The van der Waals surface area contributed by atoms with Crippen molar-refractivity contribution in [3.63, 3.8) is 0 Å². The molecule has 1 unspecified atom stereocenters. The Bertz CT molecular complexity index is 429. The van der Waals surface area contributed by atoms with Gasteiger partial charge < -0.3 is 15.0 Å². The van der Waals surface area contributed by atoms with Crippen LogP contribution >= 0.6 is 11.6 Å². The molecule has 1 atom stereocenters. The van der Waals surface area contributed by atoms with Gasteiger partial charge >= 0.3 is 0 Å². The first kappa shape index (κ1) is 13.0. The van der Waals surface area contributed by atoms with Gasteiger partial charge in [0.1, 0.15) is 11.9 Å². The van der Waals surface area contributed by atoms with Gasteiger partial charge in [-0.05, 0) is 24.6 Å². The molecule has 18 heavy (non-hydrogen) atoms. The summed E-state index contributed by atoms with van der Waals surface area (Å²) >= 11 is 5.77. The zero-order valence-corrected chi connectivity index (χ0v) is 10.9. The fourth-order valence-electron chi connectivity index (χ4n) is 1.87. The highest BCUT2D eigenvalue weighted by atomic mass is 35.5. The number of morpholine rings is 1. The zero-order valence-electron chi connectivity index (χ0n) is 10.1. The lowest BCUT2D eigenvalue weighted by Gasteiger charge is -2.35. The predicted molar refractivity (Wildman–Crippen MR) is 67.7 cm³/mol. The number of ether oxygens (including phenoxy) is 1. The van der Waals surface area contributed by atoms with Gasteiger partial charge in [-0.15, -0.1) is 0 Å². The maximum absolute atomic E-state index is 12.0. The summed E-state index contributed by atoms with van der Waals surface area (Å²) in [5, 5.41) is 2.97. The van der Waals surface area contributed by atoms with Crippen LogP contribution in [-0.2, 0) is 9.53 Å². The van der Waals surface area contributed by atoms with Gasteiger partial charge in [0.15, 0.2) is 0 Å². The normalized spacial score (nSPS) is 19.7. The predicted octanol–water partition coefficient (Wildman–Crippen LogP) is 0.471. The van der Waals surface area contributed by atoms with Gasteiger partial charge in [-0.3, -0.25) is 4.79 Å². The number of amides is 1. The van der Waals surface area contributed by atoms with Gasteiger partial charge in [-0.2, -0.15) is 0 Å². The Hall–Kier alpha value is -1.40. The highest BCUT2D eigenvalue weighted by molar-refractivity contribution is 6.28. The fourth-order valence-corrected chi connectivity index (χ4v) is 2.02. The van der Waals surface area contributed by atoms with Gasteiger partial charge in [-0.25, -0.2) is 9.97 Å². The van der Waals surface area contributed by atoms with E-state index in [2.05, 4.69) is 15.3 Å². The first-order valence-electron chi connectivity index (χ1n) is 5.83. The lowest BCUT2D eigenvalue weighted by molar-refractivity contribution is -0.124. The lowest BCUT2D eigenvalue weighted by atomic mass is 10.2. The summed E-state index contributed by atoms with van der Waals surface area (Å²) in [6.07, 6.45) is 1.58. The van der Waals surface area contributed by atoms with Crippen LogP contribution in [0.25, 0.3) is 0 Å². The standard InChI is InChI=1S/C11H15ClN4O2/c1-2-13-10(17)8-7-18-6-5-16(8)9-3-4-14-11(12)15-9/h3-4,8H,2,5-7H2,1H3,(H,13,17). The highest BCUT2D eigenvalue weighted by Crippen LogP contribution is 2.18. The Kier molecular flexibility index (Phi) is 4.33. The van der Waals surface area contributed by atoms with Crippen molar-refractivity contribution in [3.8, 4) is 0 Å². The van der Waals surface area contributed by atoms with Crippen molar-refractivity contribution in [2.45, 2.75) is 13.0 Å². The number of likely N-dealkylation sites (N-methyl/N-ethyl adjacent to an activating group) is 1. The molecule has 6 nitrogen and oxygen atoms in total. The van der Waals surface area contributed by atoms with Crippen LogP contribution in [0.1, 0.15) is 6.92 Å². The number of carbonyl (C=O) groups is 1. The fraction of sp³-hybridized carbons (Fsp3) is 0.545. The van der Waals surface area contributed by atoms with Crippen molar-refractivity contribution in [1.82, 2.24) is 15.3 Å². The molecule has 0 saturated carbocycles. The Morgan fingerprint density at radius 3 is 3.28 bits per heavy atom. The summed E-state index contributed by atoms with van der Waals surface area (Å²) in [5.41, 5.74) is 0. The molecule has 0 aliphatic carbocycles. The molecule has 0 bridgehead atoms. The second-order valence-electron chi connectivity index (χ2n) is 3.86. The maximum atomic E-state index is 12.0. The van der Waals surface area contributed by atoms with E-state index in [9.17, 15) is 4.79 Å². The number of carbonyl (C=O) groups excluding carboxylic acids is 1. The minimum Gasteiger partial charge on any atom is -0.377 e. The van der Waals surface area contributed by atoms with Crippen LogP contribution in [0.2, 0.25) is 5.28 Å². The summed E-state index contributed by atoms with van der Waals surface area (Å²) in [7, 11) is 0. The molecule has 0 spiro atoms. The Balaban J connectivity index is 2.20. The molecule has 0 radical (unpaired) electrons. The molecule has 98 valence electrons. The number of hydrogen-bond donors (Lipinski definition) is 1. The van der Waals surface area contributed by atoms with E-state index in [0.717, 1.165) is 0 Å². The summed E-state index contributed by atoms with van der Waals surface area (Å²) in [5.74, 6) is 0.585. The molecule has 1 aliphatic heterocycles. The Morgan fingerprint density at radius 2 is 2.56 bits per heavy atom. The molecule has 1 fully saturated rings. The van der Waals surface area contributed by atoms with Gasteiger partial charge in [0, 0.05) is 19.3 Å². The average Bonchev–Trinajstić information content (AvgIpc) is 2.39. The number of aromatic nitrogens is 2. The summed E-state index contributed by atoms with van der Waals surface area (Å²) in [6, 6.07) is 1.37. The van der Waals surface area contributed by atoms with Crippen molar-refractivity contribution < 1.29 is 9.53 Å². The van der Waals surface area contributed by atoms with E-state index in [4.69, 9.17) is 16.3 Å². The molecule has 1 N–H and O–H groups in total. The van der Waals surface area contributed by atoms with Crippen LogP contribution in [0.15, 0.2) is 12.3 Å². The molecule has 1 aromatic heterocycles.